The molecule has 0 aliphatic heterocycles. The molecule has 1 aromatic carbocycles. The molecule has 1 N–H and O–H groups in total. The molecule has 0 saturated heterocycles. The van der Waals surface area contributed by atoms with Crippen LogP contribution in [-0.4, -0.2) is 17.9 Å². The molecule has 1 aromatic heterocycles. The maximum absolute atomic E-state index is 11.5. The summed E-state index contributed by atoms with van der Waals surface area (Å²) in [4.78, 5) is 15.7. The Labute approximate surface area is 149 Å². The fourth-order valence-electron chi connectivity index (χ4n) is 2.89. The number of hydrogen-bond donors (Lipinski definition) is 1. The minimum Gasteiger partial charge on any atom is -0.439 e. The predicted octanol–water partition coefficient (Wildman–Crippen LogP) is 4.94. The number of carbonyl (C=O) groups is 1. The Hall–Kier alpha value is -2.62. The van der Waals surface area contributed by atoms with Gasteiger partial charge in [0.05, 0.1) is 5.56 Å². The molecule has 1 amide bonds. The van der Waals surface area contributed by atoms with Crippen LogP contribution in [0.15, 0.2) is 55.3 Å². The molecule has 0 spiro atoms. The molecular weight excluding hydrogens is 312 g/mol. The summed E-state index contributed by atoms with van der Waals surface area (Å²) in [6, 6.07) is 11.5. The first-order valence-corrected chi connectivity index (χ1v) is 8.65. The number of hydrogen-bond acceptors (Lipinski definition) is 3. The lowest BCUT2D eigenvalue weighted by Gasteiger charge is -2.22. The highest BCUT2D eigenvalue weighted by molar-refractivity contribution is 5.93. The van der Waals surface area contributed by atoms with Gasteiger partial charge >= 0.3 is 0 Å². The predicted molar refractivity (Wildman–Crippen MR) is 101 cm³/mol. The molecule has 2 aromatic rings. The monoisotopic (exact) mass is 338 g/mol. The molecular formula is C21H26N2O2. The van der Waals surface area contributed by atoms with Crippen molar-refractivity contribution < 1.29 is 9.53 Å². The number of amides is 1. The second-order valence-electron chi connectivity index (χ2n) is 6.12. The highest BCUT2D eigenvalue weighted by Gasteiger charge is 2.16. The van der Waals surface area contributed by atoms with E-state index < -0.39 is 0 Å². The van der Waals surface area contributed by atoms with Crippen LogP contribution >= 0.6 is 0 Å². The Morgan fingerprint density at radius 1 is 1.28 bits per heavy atom. The molecule has 2 rings (SSSR count). The minimum absolute atomic E-state index is 0.164. The highest BCUT2D eigenvalue weighted by Crippen LogP contribution is 2.31. The molecule has 132 valence electrons. The second kappa shape index (κ2) is 9.02. The zero-order chi connectivity index (χ0) is 18.2. The largest absolute Gasteiger partial charge is 0.439 e. The van der Waals surface area contributed by atoms with E-state index in [0.717, 1.165) is 18.6 Å². The standard InChI is InChI=1S/C21H26N2O2/c1-5-7-16(6-2)15(3)17-8-11-19(12-9-17)25-20-13-10-18(14-23-20)21(24)22-4/h5,8-16H,1,6-7H2,2-4H3,(H,22,24). The summed E-state index contributed by atoms with van der Waals surface area (Å²) < 4.78 is 5.76. The van der Waals surface area contributed by atoms with Crippen LogP contribution in [0.4, 0.5) is 0 Å². The lowest BCUT2D eigenvalue weighted by molar-refractivity contribution is 0.0962. The van der Waals surface area contributed by atoms with Crippen molar-refractivity contribution in [3.8, 4) is 11.6 Å². The molecule has 0 saturated carbocycles. The molecule has 2 unspecified atom stereocenters. The molecule has 0 radical (unpaired) electrons. The number of nitrogens with one attached hydrogen (secondary N) is 1. The quantitative estimate of drug-likeness (QED) is 0.694. The van der Waals surface area contributed by atoms with Crippen LogP contribution in [0.2, 0.25) is 0 Å². The van der Waals surface area contributed by atoms with Crippen molar-refractivity contribution in [1.29, 1.82) is 0 Å². The molecule has 0 bridgehead atoms. The van der Waals surface area contributed by atoms with Crippen LogP contribution in [0.25, 0.3) is 0 Å². The minimum atomic E-state index is -0.164. The van der Waals surface area contributed by atoms with E-state index in [9.17, 15) is 4.79 Å². The van der Waals surface area contributed by atoms with Crippen molar-refractivity contribution in [3.63, 3.8) is 0 Å². The average molecular weight is 338 g/mol. The Morgan fingerprint density at radius 2 is 2.00 bits per heavy atom. The third kappa shape index (κ3) is 4.92. The van der Waals surface area contributed by atoms with Crippen LogP contribution in [0.5, 0.6) is 11.6 Å². The smallest absolute Gasteiger partial charge is 0.252 e. The normalized spacial score (nSPS) is 12.9. The van der Waals surface area contributed by atoms with Gasteiger partial charge in [0.2, 0.25) is 5.88 Å². The Bertz CT molecular complexity index is 693. The Kier molecular flexibility index (Phi) is 6.75. The number of nitrogens with zero attached hydrogens (tertiary/aromatic N) is 1. The lowest BCUT2D eigenvalue weighted by Crippen LogP contribution is -2.17. The van der Waals surface area contributed by atoms with Crippen LogP contribution in [-0.2, 0) is 0 Å². The number of aromatic nitrogens is 1. The van der Waals surface area contributed by atoms with E-state index in [0.29, 0.717) is 23.3 Å². The maximum Gasteiger partial charge on any atom is 0.252 e. The van der Waals surface area contributed by atoms with Crippen molar-refractivity contribution in [2.45, 2.75) is 32.6 Å². The molecule has 1 heterocycles. The van der Waals surface area contributed by atoms with Crippen molar-refractivity contribution in [2.24, 2.45) is 5.92 Å². The van der Waals surface area contributed by atoms with Gasteiger partial charge in [0.15, 0.2) is 0 Å². The summed E-state index contributed by atoms with van der Waals surface area (Å²) in [6.45, 7) is 8.33. The summed E-state index contributed by atoms with van der Waals surface area (Å²) in [6.07, 6.45) is 5.66. The molecule has 0 fully saturated rings. The van der Waals surface area contributed by atoms with Gasteiger partial charge in [-0.1, -0.05) is 38.5 Å². The summed E-state index contributed by atoms with van der Waals surface area (Å²) in [5, 5.41) is 2.56. The van der Waals surface area contributed by atoms with E-state index in [1.54, 1.807) is 19.2 Å². The molecule has 0 aliphatic carbocycles. The first kappa shape index (κ1) is 18.7. The van der Waals surface area contributed by atoms with E-state index in [1.807, 2.05) is 18.2 Å². The Morgan fingerprint density at radius 3 is 2.52 bits per heavy atom. The fraction of sp³-hybridized carbons (Fsp3) is 0.333. The van der Waals surface area contributed by atoms with Crippen molar-refractivity contribution in [1.82, 2.24) is 10.3 Å². The number of allylic oxidation sites excluding steroid dienone is 1. The molecule has 4 nitrogen and oxygen atoms in total. The molecule has 2 atom stereocenters. The number of ether oxygens (including phenoxy) is 1. The topological polar surface area (TPSA) is 51.2 Å². The third-order valence-electron chi connectivity index (χ3n) is 4.55. The van der Waals surface area contributed by atoms with E-state index >= 15 is 0 Å². The van der Waals surface area contributed by atoms with Gasteiger partial charge in [0.1, 0.15) is 5.75 Å². The van der Waals surface area contributed by atoms with Gasteiger partial charge in [-0.3, -0.25) is 4.79 Å². The van der Waals surface area contributed by atoms with E-state index in [4.69, 9.17) is 4.74 Å². The van der Waals surface area contributed by atoms with Crippen LogP contribution < -0.4 is 10.1 Å². The Balaban J connectivity index is 2.04. The second-order valence-corrected chi connectivity index (χ2v) is 6.12. The van der Waals surface area contributed by atoms with Gasteiger partial charge < -0.3 is 10.1 Å². The average Bonchev–Trinajstić information content (AvgIpc) is 2.66. The van der Waals surface area contributed by atoms with Crippen LogP contribution in [0.1, 0.15) is 48.5 Å². The van der Waals surface area contributed by atoms with Gasteiger partial charge in [0, 0.05) is 19.3 Å². The van der Waals surface area contributed by atoms with Gasteiger partial charge in [-0.05, 0) is 42.0 Å². The van der Waals surface area contributed by atoms with Crippen molar-refractivity contribution >= 4 is 5.91 Å². The van der Waals surface area contributed by atoms with Gasteiger partial charge in [-0.2, -0.15) is 0 Å². The van der Waals surface area contributed by atoms with Crippen LogP contribution in [0.3, 0.4) is 0 Å². The maximum atomic E-state index is 11.5. The molecule has 0 aliphatic rings. The summed E-state index contributed by atoms with van der Waals surface area (Å²) in [5.74, 6) is 2.10. The van der Waals surface area contributed by atoms with Crippen molar-refractivity contribution in [2.75, 3.05) is 7.05 Å². The van der Waals surface area contributed by atoms with Gasteiger partial charge in [-0.25, -0.2) is 4.98 Å². The first-order chi connectivity index (χ1) is 12.1. The fourth-order valence-corrected chi connectivity index (χ4v) is 2.89. The summed E-state index contributed by atoms with van der Waals surface area (Å²) in [5.41, 5.74) is 1.80. The number of rotatable bonds is 8. The lowest BCUT2D eigenvalue weighted by atomic mass is 9.84. The highest BCUT2D eigenvalue weighted by atomic mass is 16.5. The molecule has 4 heteroatoms. The zero-order valence-corrected chi connectivity index (χ0v) is 15.2. The van der Waals surface area contributed by atoms with Crippen molar-refractivity contribution in [3.05, 3.63) is 66.4 Å². The number of benzene rings is 1. The number of carbonyl (C=O) groups excluding carboxylic acids is 1. The van der Waals surface area contributed by atoms with Gasteiger partial charge in [-0.15, -0.1) is 6.58 Å². The summed E-state index contributed by atoms with van der Waals surface area (Å²) in [7, 11) is 1.59. The summed E-state index contributed by atoms with van der Waals surface area (Å²) >= 11 is 0. The van der Waals surface area contributed by atoms with Gasteiger partial charge in [0.25, 0.3) is 5.91 Å². The van der Waals surface area contributed by atoms with Crippen LogP contribution in [0, 0.1) is 5.92 Å². The van der Waals surface area contributed by atoms with E-state index in [1.165, 1.54) is 11.8 Å². The van der Waals surface area contributed by atoms with E-state index in [-0.39, 0.29) is 5.91 Å². The third-order valence-corrected chi connectivity index (χ3v) is 4.55. The SMILES string of the molecule is C=CCC(CC)C(C)c1ccc(Oc2ccc(C(=O)NC)cn2)cc1. The number of pyridine rings is 1. The molecule has 25 heavy (non-hydrogen) atoms. The zero-order valence-electron chi connectivity index (χ0n) is 15.2. The first-order valence-electron chi connectivity index (χ1n) is 8.65. The van der Waals surface area contributed by atoms with E-state index in [2.05, 4.69) is 42.9 Å².